The Morgan fingerprint density at radius 2 is 2.12 bits per heavy atom. The molecule has 0 aromatic heterocycles. The van der Waals surface area contributed by atoms with Crippen molar-refractivity contribution in [3.05, 3.63) is 76.1 Å². The van der Waals surface area contributed by atoms with Crippen molar-refractivity contribution in [3.8, 4) is 0 Å². The SMILES string of the molecule is CC(=O)c1ccc2c(c1)[C@@H]1C=CC[C@@H]1[C@H](c1c(F)cccc1Cl)N2. The number of hydrogen-bond acceptors (Lipinski definition) is 2. The normalized spacial score (nSPS) is 24.2. The lowest BCUT2D eigenvalue weighted by atomic mass is 9.76. The van der Waals surface area contributed by atoms with Crippen LogP contribution in [0.25, 0.3) is 0 Å². The van der Waals surface area contributed by atoms with Gasteiger partial charge in [-0.15, -0.1) is 0 Å². The van der Waals surface area contributed by atoms with Gasteiger partial charge < -0.3 is 5.32 Å². The molecule has 0 saturated carbocycles. The summed E-state index contributed by atoms with van der Waals surface area (Å²) in [6.45, 7) is 1.57. The number of benzene rings is 2. The molecule has 0 saturated heterocycles. The lowest BCUT2D eigenvalue weighted by Gasteiger charge is -2.38. The molecule has 4 heteroatoms. The maximum Gasteiger partial charge on any atom is 0.159 e. The first-order valence-electron chi connectivity index (χ1n) is 8.08. The molecular formula is C20H17ClFNO. The van der Waals surface area contributed by atoms with Gasteiger partial charge in [0.05, 0.1) is 6.04 Å². The topological polar surface area (TPSA) is 29.1 Å². The summed E-state index contributed by atoms with van der Waals surface area (Å²) in [5.74, 6) is 0.125. The van der Waals surface area contributed by atoms with Gasteiger partial charge in [-0.3, -0.25) is 4.79 Å². The van der Waals surface area contributed by atoms with E-state index < -0.39 is 0 Å². The van der Waals surface area contributed by atoms with E-state index in [0.717, 1.165) is 17.7 Å². The molecule has 0 bridgehead atoms. The van der Waals surface area contributed by atoms with Crippen LogP contribution in [0.15, 0.2) is 48.6 Å². The largest absolute Gasteiger partial charge is 0.378 e. The summed E-state index contributed by atoms with van der Waals surface area (Å²) < 4.78 is 14.4. The van der Waals surface area contributed by atoms with Crippen molar-refractivity contribution in [1.82, 2.24) is 0 Å². The van der Waals surface area contributed by atoms with Crippen molar-refractivity contribution in [2.24, 2.45) is 5.92 Å². The monoisotopic (exact) mass is 341 g/mol. The third-order valence-electron chi connectivity index (χ3n) is 5.08. The molecule has 24 heavy (non-hydrogen) atoms. The first kappa shape index (κ1) is 15.4. The Kier molecular flexibility index (Phi) is 3.69. The molecule has 2 nitrogen and oxygen atoms in total. The molecule has 0 amide bonds. The Labute approximate surface area is 145 Å². The molecule has 2 aromatic carbocycles. The Morgan fingerprint density at radius 1 is 1.29 bits per heavy atom. The third kappa shape index (κ3) is 2.35. The van der Waals surface area contributed by atoms with Gasteiger partial charge in [-0.2, -0.15) is 0 Å². The summed E-state index contributed by atoms with van der Waals surface area (Å²) in [6, 6.07) is 10.3. The van der Waals surface area contributed by atoms with Crippen LogP contribution in [0.4, 0.5) is 10.1 Å². The van der Waals surface area contributed by atoms with Gasteiger partial charge in [0.25, 0.3) is 0 Å². The molecular weight excluding hydrogens is 325 g/mol. The maximum absolute atomic E-state index is 14.4. The number of allylic oxidation sites excluding steroid dienone is 2. The lowest BCUT2D eigenvalue weighted by molar-refractivity contribution is 0.101. The van der Waals surface area contributed by atoms with Crippen molar-refractivity contribution in [2.45, 2.75) is 25.3 Å². The first-order valence-corrected chi connectivity index (χ1v) is 8.46. The highest BCUT2D eigenvalue weighted by Crippen LogP contribution is 2.51. The van der Waals surface area contributed by atoms with E-state index in [1.807, 2.05) is 18.2 Å². The molecule has 1 heterocycles. The van der Waals surface area contributed by atoms with Crippen LogP contribution in [0, 0.1) is 11.7 Å². The average Bonchev–Trinajstić information content (AvgIpc) is 3.04. The fourth-order valence-corrected chi connectivity index (χ4v) is 4.19. The van der Waals surface area contributed by atoms with Crippen LogP contribution in [0.3, 0.4) is 0 Å². The Bertz CT molecular complexity index is 840. The quantitative estimate of drug-likeness (QED) is 0.576. The highest BCUT2D eigenvalue weighted by atomic mass is 35.5. The van der Waals surface area contributed by atoms with Gasteiger partial charge >= 0.3 is 0 Å². The summed E-state index contributed by atoms with van der Waals surface area (Å²) in [4.78, 5) is 11.7. The fraction of sp³-hybridized carbons (Fsp3) is 0.250. The van der Waals surface area contributed by atoms with Crippen molar-refractivity contribution in [1.29, 1.82) is 0 Å². The highest BCUT2D eigenvalue weighted by Gasteiger charge is 2.39. The number of ketones is 1. The molecule has 0 radical (unpaired) electrons. The van der Waals surface area contributed by atoms with Crippen LogP contribution in [-0.4, -0.2) is 5.78 Å². The molecule has 0 fully saturated rings. The second kappa shape index (κ2) is 5.75. The van der Waals surface area contributed by atoms with E-state index in [1.165, 1.54) is 6.07 Å². The zero-order valence-electron chi connectivity index (χ0n) is 13.2. The molecule has 1 aliphatic heterocycles. The van der Waals surface area contributed by atoms with Gasteiger partial charge in [-0.1, -0.05) is 29.8 Å². The number of hydrogen-bond donors (Lipinski definition) is 1. The third-order valence-corrected chi connectivity index (χ3v) is 5.41. The molecule has 122 valence electrons. The second-order valence-corrected chi connectivity index (χ2v) is 6.88. The summed E-state index contributed by atoms with van der Waals surface area (Å²) in [6.07, 6.45) is 5.15. The minimum absolute atomic E-state index is 0.0515. The Balaban J connectivity index is 1.83. The van der Waals surface area contributed by atoms with Crippen LogP contribution < -0.4 is 5.32 Å². The molecule has 4 rings (SSSR count). The fourth-order valence-electron chi connectivity index (χ4n) is 3.91. The minimum atomic E-state index is -0.283. The molecule has 2 aliphatic rings. The molecule has 1 N–H and O–H groups in total. The summed E-state index contributed by atoms with van der Waals surface area (Å²) >= 11 is 6.30. The van der Waals surface area contributed by atoms with Gasteiger partial charge in [0.2, 0.25) is 0 Å². The number of carbonyl (C=O) groups is 1. The van der Waals surface area contributed by atoms with Gasteiger partial charge in [-0.25, -0.2) is 4.39 Å². The van der Waals surface area contributed by atoms with Crippen LogP contribution in [-0.2, 0) is 0 Å². The van der Waals surface area contributed by atoms with Crippen molar-refractivity contribution < 1.29 is 9.18 Å². The van der Waals surface area contributed by atoms with E-state index in [4.69, 9.17) is 11.6 Å². The van der Waals surface area contributed by atoms with Gasteiger partial charge in [-0.05, 0) is 55.2 Å². The van der Waals surface area contributed by atoms with Crippen molar-refractivity contribution >= 4 is 23.1 Å². The number of rotatable bonds is 2. The van der Waals surface area contributed by atoms with E-state index in [2.05, 4.69) is 17.5 Å². The van der Waals surface area contributed by atoms with Crippen molar-refractivity contribution in [3.63, 3.8) is 0 Å². The zero-order valence-corrected chi connectivity index (χ0v) is 14.0. The smallest absolute Gasteiger partial charge is 0.159 e. The number of fused-ring (bicyclic) bond motifs is 3. The molecule has 0 spiro atoms. The van der Waals surface area contributed by atoms with E-state index in [-0.39, 0.29) is 29.5 Å². The number of Topliss-reactive ketones (excluding diaryl/α,β-unsaturated/α-hetero) is 1. The molecule has 1 aliphatic carbocycles. The van der Waals surface area contributed by atoms with E-state index in [9.17, 15) is 9.18 Å². The predicted octanol–water partition coefficient (Wildman–Crippen LogP) is 5.51. The Morgan fingerprint density at radius 3 is 2.88 bits per heavy atom. The van der Waals surface area contributed by atoms with Gasteiger partial charge in [0.15, 0.2) is 5.78 Å². The molecule has 3 atom stereocenters. The van der Waals surface area contributed by atoms with Crippen LogP contribution >= 0.6 is 11.6 Å². The standard InChI is InChI=1S/C20H17ClFNO/c1-11(24)12-8-9-18-15(10-12)13-4-2-5-14(13)20(23-18)19-16(21)6-3-7-17(19)22/h2-4,6-10,13-14,20,23H,5H2,1H3/t13-,14+,20-/m1/s1. The van der Waals surface area contributed by atoms with E-state index >= 15 is 0 Å². The summed E-state index contributed by atoms with van der Waals surface area (Å²) in [5.41, 5.74) is 3.28. The maximum atomic E-state index is 14.4. The van der Waals surface area contributed by atoms with Gasteiger partial charge in [0, 0.05) is 27.8 Å². The number of halogens is 2. The number of carbonyl (C=O) groups excluding carboxylic acids is 1. The second-order valence-electron chi connectivity index (χ2n) is 6.47. The number of anilines is 1. The van der Waals surface area contributed by atoms with Crippen LogP contribution in [0.5, 0.6) is 0 Å². The highest BCUT2D eigenvalue weighted by molar-refractivity contribution is 6.31. The molecule has 2 aromatic rings. The average molecular weight is 342 g/mol. The minimum Gasteiger partial charge on any atom is -0.378 e. The summed E-state index contributed by atoms with van der Waals surface area (Å²) in [5, 5.41) is 3.90. The molecule has 0 unspecified atom stereocenters. The van der Waals surface area contributed by atoms with Crippen LogP contribution in [0.2, 0.25) is 5.02 Å². The van der Waals surface area contributed by atoms with E-state index in [1.54, 1.807) is 19.1 Å². The van der Waals surface area contributed by atoms with Crippen molar-refractivity contribution in [2.75, 3.05) is 5.32 Å². The van der Waals surface area contributed by atoms with E-state index in [0.29, 0.717) is 16.1 Å². The first-order chi connectivity index (χ1) is 11.6. The Hall–Kier alpha value is -2.13. The number of nitrogens with one attached hydrogen (secondary N) is 1. The lowest BCUT2D eigenvalue weighted by Crippen LogP contribution is -2.30. The predicted molar refractivity (Wildman–Crippen MR) is 94.2 cm³/mol. The summed E-state index contributed by atoms with van der Waals surface area (Å²) in [7, 11) is 0. The zero-order chi connectivity index (χ0) is 16.8. The van der Waals surface area contributed by atoms with Gasteiger partial charge in [0.1, 0.15) is 5.82 Å². The van der Waals surface area contributed by atoms with Crippen LogP contribution in [0.1, 0.15) is 46.8 Å².